The van der Waals surface area contributed by atoms with Crippen molar-refractivity contribution < 1.29 is 28.6 Å². The average molecular weight is 922 g/mol. The van der Waals surface area contributed by atoms with Crippen LogP contribution in [-0.4, -0.2) is 105 Å². The van der Waals surface area contributed by atoms with Gasteiger partial charge in [-0.2, -0.15) is 0 Å². The van der Waals surface area contributed by atoms with E-state index in [9.17, 15) is 29.1 Å². The first kappa shape index (κ1) is 44.6. The zero-order chi connectivity index (χ0) is 47.1. The number of halogens is 1. The first-order valence-electron chi connectivity index (χ1n) is 23.1. The van der Waals surface area contributed by atoms with Crippen LogP contribution >= 0.6 is 0 Å². The highest BCUT2D eigenvalue weighted by Gasteiger charge is 2.40. The summed E-state index contributed by atoms with van der Waals surface area (Å²) in [5.41, 5.74) is 5.70. The molecule has 1 unspecified atom stereocenters. The molecule has 350 valence electrons. The number of fused-ring (bicyclic) bond motifs is 2. The quantitative estimate of drug-likeness (QED) is 0.0799. The Balaban J connectivity index is 0.718. The number of aliphatic hydroxyl groups is 1. The highest BCUT2D eigenvalue weighted by Crippen LogP contribution is 2.41. The highest BCUT2D eigenvalue weighted by atomic mass is 19.1. The van der Waals surface area contributed by atoms with Crippen molar-refractivity contribution in [3.8, 4) is 16.8 Å². The number of ether oxygens (including phenoxy) is 1. The van der Waals surface area contributed by atoms with Crippen molar-refractivity contribution in [2.75, 3.05) is 68.0 Å². The minimum atomic E-state index is -0.657. The third kappa shape index (κ3) is 8.87. The van der Waals surface area contributed by atoms with E-state index < -0.39 is 29.9 Å². The molecule has 3 aromatic heterocycles. The Morgan fingerprint density at radius 3 is 2.46 bits per heavy atom. The number of anilines is 4. The number of hydrogen-bond donors (Lipinski definition) is 4. The fraction of sp³-hybridized carbons (Fsp3) is 0.333. The summed E-state index contributed by atoms with van der Waals surface area (Å²) in [7, 11) is 1.65. The number of aliphatic hydroxyl groups excluding tert-OH is 1. The number of piperidine rings is 1. The van der Waals surface area contributed by atoms with Crippen LogP contribution in [0.15, 0.2) is 101 Å². The number of imide groups is 1. The van der Waals surface area contributed by atoms with E-state index in [4.69, 9.17) is 4.74 Å². The number of aromatic nitrogens is 3. The molecule has 10 rings (SSSR count). The average Bonchev–Trinajstić information content (AvgIpc) is 4.15. The fourth-order valence-electron chi connectivity index (χ4n) is 9.70. The largest absolute Gasteiger partial charge is 0.392 e. The van der Waals surface area contributed by atoms with Gasteiger partial charge in [0, 0.05) is 99.6 Å². The Hall–Kier alpha value is -7.21. The summed E-state index contributed by atoms with van der Waals surface area (Å²) in [6.07, 6.45) is 7.65. The molecule has 4 N–H and O–H groups in total. The van der Waals surface area contributed by atoms with Crippen LogP contribution in [0.3, 0.4) is 0 Å². The maximum Gasteiger partial charge on any atom is 0.274 e. The molecule has 4 aliphatic rings. The highest BCUT2D eigenvalue weighted by molar-refractivity contribution is 6.06. The molecule has 1 saturated carbocycles. The van der Waals surface area contributed by atoms with E-state index in [2.05, 4.69) is 30.7 Å². The number of carbonyl (C=O) groups is 3. The molecule has 0 spiro atoms. The van der Waals surface area contributed by atoms with Gasteiger partial charge >= 0.3 is 0 Å². The van der Waals surface area contributed by atoms with Gasteiger partial charge in [-0.3, -0.25) is 38.8 Å². The van der Waals surface area contributed by atoms with Crippen LogP contribution < -0.4 is 32.0 Å². The third-order valence-electron chi connectivity index (χ3n) is 13.5. The Kier molecular flexibility index (Phi) is 12.3. The summed E-state index contributed by atoms with van der Waals surface area (Å²) in [6.45, 7) is 5.59. The smallest absolute Gasteiger partial charge is 0.274 e. The Morgan fingerprint density at radius 2 is 1.69 bits per heavy atom. The minimum absolute atomic E-state index is 0.00239. The summed E-state index contributed by atoms with van der Waals surface area (Å²) < 4.78 is 24.2. The maximum absolute atomic E-state index is 15.4. The Morgan fingerprint density at radius 1 is 0.882 bits per heavy atom. The third-order valence-corrected chi connectivity index (χ3v) is 13.5. The van der Waals surface area contributed by atoms with Crippen molar-refractivity contribution in [3.05, 3.63) is 140 Å². The van der Waals surface area contributed by atoms with Crippen molar-refractivity contribution in [1.82, 2.24) is 29.2 Å². The topological polar surface area (TPSA) is 183 Å². The van der Waals surface area contributed by atoms with Gasteiger partial charge in [0.05, 0.1) is 42.8 Å². The number of rotatable bonds is 15. The Bertz CT molecular complexity index is 3070. The van der Waals surface area contributed by atoms with Gasteiger partial charge in [-0.15, -0.1) is 0 Å². The number of aryl methyl sites for hydroxylation is 1. The van der Waals surface area contributed by atoms with Crippen molar-refractivity contribution in [2.24, 2.45) is 7.05 Å². The molecule has 6 heterocycles. The molecular weight excluding hydrogens is 870 g/mol. The van der Waals surface area contributed by atoms with Crippen LogP contribution in [0.2, 0.25) is 0 Å². The van der Waals surface area contributed by atoms with Crippen molar-refractivity contribution in [2.45, 2.75) is 50.8 Å². The Labute approximate surface area is 391 Å². The lowest BCUT2D eigenvalue weighted by atomic mass is 9.98. The number of hydrogen-bond acceptors (Lipinski definition) is 12. The van der Waals surface area contributed by atoms with E-state index in [1.807, 2.05) is 36.4 Å². The standard InChI is InChI=1S/C51H52FN9O7/c1-57-28-34(36-4-3-7-43(39(36)30-62)60-16-14-32-24-33(31-8-9-31)25-40(52)47(32)51(60)67)26-42(50(57)66)55-45-12-10-35(27-54-45)59-19-17-58(18-20-59)21-23-68-22-15-53-41-6-2-5-37-38(41)29-61(49(37)65)44-11-13-46(63)56-48(44)64/h2-7,10,12,14,16,24-28,31,44,53,62H,8-9,11,13,15,17-23,29-30H2,1H3,(H,54,55)(H,56,63,64). The van der Waals surface area contributed by atoms with E-state index in [0.717, 1.165) is 68.1 Å². The van der Waals surface area contributed by atoms with Gasteiger partial charge in [0.15, 0.2) is 0 Å². The first-order valence-corrected chi connectivity index (χ1v) is 23.1. The maximum atomic E-state index is 15.4. The van der Waals surface area contributed by atoms with Crippen molar-refractivity contribution >= 4 is 51.4 Å². The molecule has 2 saturated heterocycles. The molecule has 3 aliphatic heterocycles. The predicted octanol–water partition coefficient (Wildman–Crippen LogP) is 5.02. The van der Waals surface area contributed by atoms with E-state index in [1.165, 1.54) is 15.2 Å². The lowest BCUT2D eigenvalue weighted by Gasteiger charge is -2.35. The van der Waals surface area contributed by atoms with Gasteiger partial charge in [-0.25, -0.2) is 9.37 Å². The summed E-state index contributed by atoms with van der Waals surface area (Å²) in [5.74, 6) is -0.670. The zero-order valence-electron chi connectivity index (χ0n) is 37.7. The molecule has 68 heavy (non-hydrogen) atoms. The number of piperazine rings is 1. The van der Waals surface area contributed by atoms with Crippen LogP contribution in [0.4, 0.5) is 27.3 Å². The summed E-state index contributed by atoms with van der Waals surface area (Å²) >= 11 is 0. The van der Waals surface area contributed by atoms with E-state index in [1.54, 1.807) is 60.9 Å². The van der Waals surface area contributed by atoms with Crippen LogP contribution in [0.25, 0.3) is 27.6 Å². The number of benzene rings is 3. The van der Waals surface area contributed by atoms with Crippen LogP contribution in [0.5, 0.6) is 0 Å². The molecule has 17 heteroatoms. The molecule has 0 bridgehead atoms. The van der Waals surface area contributed by atoms with Gasteiger partial charge < -0.3 is 34.8 Å². The van der Waals surface area contributed by atoms with Crippen LogP contribution in [0, 0.1) is 5.82 Å². The van der Waals surface area contributed by atoms with Gasteiger partial charge in [0.2, 0.25) is 11.8 Å². The second-order valence-corrected chi connectivity index (χ2v) is 17.9. The molecule has 6 aromatic rings. The van der Waals surface area contributed by atoms with Crippen molar-refractivity contribution in [3.63, 3.8) is 0 Å². The van der Waals surface area contributed by atoms with Crippen LogP contribution in [0.1, 0.15) is 58.6 Å². The molecular formula is C51H52FN9O7. The number of amides is 3. The molecule has 3 amide bonds. The lowest BCUT2D eigenvalue weighted by molar-refractivity contribution is -0.136. The zero-order valence-corrected chi connectivity index (χ0v) is 37.7. The second kappa shape index (κ2) is 18.8. The van der Waals surface area contributed by atoms with Crippen LogP contribution in [-0.2, 0) is 34.5 Å². The molecule has 16 nitrogen and oxygen atoms in total. The number of pyridine rings is 3. The number of carbonyl (C=O) groups excluding carboxylic acids is 3. The molecule has 1 atom stereocenters. The normalized spacial score (nSPS) is 17.5. The van der Waals surface area contributed by atoms with Gasteiger partial charge in [0.1, 0.15) is 23.4 Å². The number of nitrogens with zero attached hydrogens (tertiary/aromatic N) is 6. The van der Waals surface area contributed by atoms with E-state index >= 15 is 4.39 Å². The van der Waals surface area contributed by atoms with Gasteiger partial charge in [-0.1, -0.05) is 24.3 Å². The van der Waals surface area contributed by atoms with E-state index in [-0.39, 0.29) is 34.9 Å². The summed E-state index contributed by atoms with van der Waals surface area (Å²) in [5, 5.41) is 20.2. The molecule has 1 aliphatic carbocycles. The predicted molar refractivity (Wildman–Crippen MR) is 256 cm³/mol. The molecule has 3 fully saturated rings. The summed E-state index contributed by atoms with van der Waals surface area (Å²) in [4.78, 5) is 75.3. The molecule has 0 radical (unpaired) electrons. The van der Waals surface area contributed by atoms with E-state index in [0.29, 0.717) is 77.8 Å². The minimum Gasteiger partial charge on any atom is -0.392 e. The SMILES string of the molecule is Cn1cc(-c2cccc(-n3ccc4cc(C5CC5)cc(F)c4c3=O)c2CO)cc(Nc2ccc(N3CCN(CCOCCNc4cccc5c4CN(C4CCC(=O)NC4=O)C5=O)CC3)cn2)c1=O. The number of nitrogens with one attached hydrogen (secondary N) is 3. The second-order valence-electron chi connectivity index (χ2n) is 17.9. The fourth-order valence-corrected chi connectivity index (χ4v) is 9.70. The summed E-state index contributed by atoms with van der Waals surface area (Å²) in [6, 6.07) is 20.8. The van der Waals surface area contributed by atoms with Crippen molar-refractivity contribution in [1.29, 1.82) is 0 Å². The van der Waals surface area contributed by atoms with Gasteiger partial charge in [0.25, 0.3) is 17.0 Å². The molecule has 3 aromatic carbocycles. The first-order chi connectivity index (χ1) is 33.0. The monoisotopic (exact) mass is 921 g/mol. The van der Waals surface area contributed by atoms with Gasteiger partial charge in [-0.05, 0) is 90.2 Å². The lowest BCUT2D eigenvalue weighted by Crippen LogP contribution is -2.52.